The average molecular weight is 368 g/mol. The smallest absolute Gasteiger partial charge is 0.229 e. The van der Waals surface area contributed by atoms with Crippen LogP contribution in [0.2, 0.25) is 0 Å². The quantitative estimate of drug-likeness (QED) is 0.754. The van der Waals surface area contributed by atoms with Gasteiger partial charge in [0.2, 0.25) is 5.95 Å². The normalized spacial score (nSPS) is 14.2. The van der Waals surface area contributed by atoms with Crippen molar-refractivity contribution in [3.8, 4) is 11.3 Å². The van der Waals surface area contributed by atoms with Crippen LogP contribution in [0.3, 0.4) is 0 Å². The third-order valence-corrected chi connectivity index (χ3v) is 4.29. The largest absolute Gasteiger partial charge is 0.378 e. The first-order valence-electron chi connectivity index (χ1n) is 8.68. The van der Waals surface area contributed by atoms with Crippen LogP contribution in [0.15, 0.2) is 54.6 Å². The molecule has 0 unspecified atom stereocenters. The minimum Gasteiger partial charge on any atom is -0.378 e. The first-order valence-corrected chi connectivity index (χ1v) is 8.68. The Morgan fingerprint density at radius 1 is 0.926 bits per heavy atom. The van der Waals surface area contributed by atoms with Gasteiger partial charge in [-0.2, -0.15) is 4.98 Å². The summed E-state index contributed by atoms with van der Waals surface area (Å²) in [4.78, 5) is 11.1. The summed E-state index contributed by atoms with van der Waals surface area (Å²) in [6, 6.07) is 14.9. The molecule has 0 radical (unpaired) electrons. The molecule has 1 aliphatic rings. The second-order valence-corrected chi connectivity index (χ2v) is 6.15. The van der Waals surface area contributed by atoms with Crippen LogP contribution in [0.25, 0.3) is 11.3 Å². The fourth-order valence-electron chi connectivity index (χ4n) is 2.91. The molecule has 1 aliphatic heterocycles. The van der Waals surface area contributed by atoms with Crippen LogP contribution in [0.5, 0.6) is 0 Å². The molecule has 4 rings (SSSR count). The van der Waals surface area contributed by atoms with E-state index in [0.717, 1.165) is 36.2 Å². The number of aromatic nitrogens is 2. The van der Waals surface area contributed by atoms with Gasteiger partial charge in [-0.15, -0.1) is 0 Å². The molecule has 1 saturated heterocycles. The molecule has 1 aromatic heterocycles. The minimum absolute atomic E-state index is 0.120. The van der Waals surface area contributed by atoms with Gasteiger partial charge in [0.15, 0.2) is 0 Å². The SMILES string of the molecule is Fc1ccc(Nc2nc(-c3ccccc3)cc(N3CCOCC3)n2)c(F)c1. The van der Waals surface area contributed by atoms with Crippen LogP contribution in [-0.4, -0.2) is 36.3 Å². The third-order valence-electron chi connectivity index (χ3n) is 4.29. The van der Waals surface area contributed by atoms with Crippen molar-refractivity contribution in [2.75, 3.05) is 36.5 Å². The van der Waals surface area contributed by atoms with Crippen molar-refractivity contribution in [3.63, 3.8) is 0 Å². The van der Waals surface area contributed by atoms with E-state index in [4.69, 9.17) is 4.74 Å². The zero-order valence-electron chi connectivity index (χ0n) is 14.5. The van der Waals surface area contributed by atoms with E-state index >= 15 is 0 Å². The van der Waals surface area contributed by atoms with Crippen LogP contribution >= 0.6 is 0 Å². The number of hydrogen-bond acceptors (Lipinski definition) is 5. The molecule has 0 saturated carbocycles. The maximum absolute atomic E-state index is 14.0. The molecule has 1 fully saturated rings. The van der Waals surface area contributed by atoms with Gasteiger partial charge in [-0.3, -0.25) is 0 Å². The van der Waals surface area contributed by atoms with Crippen LogP contribution < -0.4 is 10.2 Å². The molecule has 0 bridgehead atoms. The first kappa shape index (κ1) is 17.4. The Labute approximate surface area is 155 Å². The molecule has 0 spiro atoms. The predicted octanol–water partition coefficient (Wildman–Crippen LogP) is 4.00. The molecule has 1 N–H and O–H groups in total. The van der Waals surface area contributed by atoms with Crippen molar-refractivity contribution >= 4 is 17.5 Å². The number of anilines is 3. The van der Waals surface area contributed by atoms with E-state index in [2.05, 4.69) is 20.2 Å². The Hall–Kier alpha value is -3.06. The maximum Gasteiger partial charge on any atom is 0.229 e. The summed E-state index contributed by atoms with van der Waals surface area (Å²) in [7, 11) is 0. The van der Waals surface area contributed by atoms with E-state index < -0.39 is 11.6 Å². The number of ether oxygens (including phenoxy) is 1. The molecule has 7 heteroatoms. The highest BCUT2D eigenvalue weighted by molar-refractivity contribution is 5.66. The lowest BCUT2D eigenvalue weighted by Gasteiger charge is -2.28. The summed E-state index contributed by atoms with van der Waals surface area (Å²) in [5.74, 6) is -0.344. The van der Waals surface area contributed by atoms with Gasteiger partial charge in [0.05, 0.1) is 24.6 Å². The van der Waals surface area contributed by atoms with Crippen LogP contribution in [0, 0.1) is 11.6 Å². The van der Waals surface area contributed by atoms with Crippen LogP contribution in [0.4, 0.5) is 26.2 Å². The van der Waals surface area contributed by atoms with Gasteiger partial charge >= 0.3 is 0 Å². The lowest BCUT2D eigenvalue weighted by Crippen LogP contribution is -2.36. The Balaban J connectivity index is 1.73. The van der Waals surface area contributed by atoms with Crippen LogP contribution in [-0.2, 0) is 4.74 Å². The van der Waals surface area contributed by atoms with E-state index in [1.54, 1.807) is 0 Å². The topological polar surface area (TPSA) is 50.3 Å². The van der Waals surface area contributed by atoms with Crippen molar-refractivity contribution in [1.29, 1.82) is 0 Å². The summed E-state index contributed by atoms with van der Waals surface area (Å²) in [6.07, 6.45) is 0. The summed E-state index contributed by atoms with van der Waals surface area (Å²) < 4.78 is 32.6. The molecule has 27 heavy (non-hydrogen) atoms. The number of hydrogen-bond donors (Lipinski definition) is 1. The zero-order valence-corrected chi connectivity index (χ0v) is 14.5. The third kappa shape index (κ3) is 4.03. The number of nitrogens with zero attached hydrogens (tertiary/aromatic N) is 3. The average Bonchev–Trinajstić information content (AvgIpc) is 2.71. The predicted molar refractivity (Wildman–Crippen MR) is 100 cm³/mol. The zero-order chi connectivity index (χ0) is 18.6. The molecule has 2 heterocycles. The van der Waals surface area contributed by atoms with Gasteiger partial charge < -0.3 is 15.0 Å². The van der Waals surface area contributed by atoms with Crippen molar-refractivity contribution in [1.82, 2.24) is 9.97 Å². The Morgan fingerprint density at radius 2 is 1.70 bits per heavy atom. The first-order chi connectivity index (χ1) is 13.2. The summed E-state index contributed by atoms with van der Waals surface area (Å²) in [5, 5.41) is 2.87. The highest BCUT2D eigenvalue weighted by atomic mass is 19.1. The Bertz CT molecular complexity index is 931. The lowest BCUT2D eigenvalue weighted by atomic mass is 10.1. The maximum atomic E-state index is 14.0. The molecule has 5 nitrogen and oxygen atoms in total. The molecule has 0 amide bonds. The second kappa shape index (κ2) is 7.67. The van der Waals surface area contributed by atoms with E-state index in [-0.39, 0.29) is 11.6 Å². The fraction of sp³-hybridized carbons (Fsp3) is 0.200. The Kier molecular flexibility index (Phi) is 4.93. The van der Waals surface area contributed by atoms with Crippen molar-refractivity contribution in [2.24, 2.45) is 0 Å². The van der Waals surface area contributed by atoms with Crippen molar-refractivity contribution < 1.29 is 13.5 Å². The lowest BCUT2D eigenvalue weighted by molar-refractivity contribution is 0.122. The van der Waals surface area contributed by atoms with Gasteiger partial charge in [-0.05, 0) is 12.1 Å². The monoisotopic (exact) mass is 368 g/mol. The summed E-state index contributed by atoms with van der Waals surface area (Å²) in [5.41, 5.74) is 1.77. The summed E-state index contributed by atoms with van der Waals surface area (Å²) >= 11 is 0. The molecule has 0 aliphatic carbocycles. The fourth-order valence-corrected chi connectivity index (χ4v) is 2.91. The molecule has 138 valence electrons. The van der Waals surface area contributed by atoms with E-state index in [0.29, 0.717) is 13.2 Å². The minimum atomic E-state index is -0.698. The molecular weight excluding hydrogens is 350 g/mol. The number of nitrogens with one attached hydrogen (secondary N) is 1. The van der Waals surface area contributed by atoms with Gasteiger partial charge in [0, 0.05) is 30.8 Å². The van der Waals surface area contributed by atoms with Crippen molar-refractivity contribution in [2.45, 2.75) is 0 Å². The highest BCUT2D eigenvalue weighted by Gasteiger charge is 2.16. The number of benzene rings is 2. The van der Waals surface area contributed by atoms with Crippen LogP contribution in [0.1, 0.15) is 0 Å². The molecule has 0 atom stereocenters. The summed E-state index contributed by atoms with van der Waals surface area (Å²) in [6.45, 7) is 2.69. The van der Waals surface area contributed by atoms with E-state index in [1.807, 2.05) is 36.4 Å². The Morgan fingerprint density at radius 3 is 2.44 bits per heavy atom. The highest BCUT2D eigenvalue weighted by Crippen LogP contribution is 2.26. The second-order valence-electron chi connectivity index (χ2n) is 6.15. The molecular formula is C20H18F2N4O. The molecule has 2 aromatic carbocycles. The number of morpholine rings is 1. The van der Waals surface area contributed by atoms with Crippen molar-refractivity contribution in [3.05, 3.63) is 66.2 Å². The van der Waals surface area contributed by atoms with Gasteiger partial charge in [0.25, 0.3) is 0 Å². The number of rotatable bonds is 4. The van der Waals surface area contributed by atoms with Gasteiger partial charge in [-0.1, -0.05) is 30.3 Å². The number of halogens is 2. The van der Waals surface area contributed by atoms with Gasteiger partial charge in [0.1, 0.15) is 17.5 Å². The van der Waals surface area contributed by atoms with E-state index in [1.165, 1.54) is 12.1 Å². The van der Waals surface area contributed by atoms with Gasteiger partial charge in [-0.25, -0.2) is 13.8 Å². The molecule has 3 aromatic rings. The standard InChI is InChI=1S/C20H18F2N4O/c21-15-6-7-17(16(22)12-15)23-20-24-18(14-4-2-1-3-5-14)13-19(25-20)26-8-10-27-11-9-26/h1-7,12-13H,8-11H2,(H,23,24,25). The van der Waals surface area contributed by atoms with E-state index in [9.17, 15) is 8.78 Å².